The van der Waals surface area contributed by atoms with Crippen molar-refractivity contribution in [2.45, 2.75) is 37.8 Å². The Hall–Kier alpha value is -2.38. The lowest BCUT2D eigenvalue weighted by molar-refractivity contribution is -0.148. The maximum absolute atomic E-state index is 12.2. The van der Waals surface area contributed by atoms with Crippen LogP contribution in [0.3, 0.4) is 0 Å². The number of para-hydroxylation sites is 1. The van der Waals surface area contributed by atoms with Crippen molar-refractivity contribution < 1.29 is 24.2 Å². The number of aromatic nitrogens is 1. The molecular formula is C19H24N2O5. The highest BCUT2D eigenvalue weighted by molar-refractivity contribution is 5.83. The Morgan fingerprint density at radius 1 is 1.35 bits per heavy atom. The number of nitrogens with one attached hydrogen (secondary N) is 2. The Labute approximate surface area is 151 Å². The van der Waals surface area contributed by atoms with E-state index in [0.717, 1.165) is 18.4 Å². The molecule has 0 spiro atoms. The first-order valence-corrected chi connectivity index (χ1v) is 8.89. The van der Waals surface area contributed by atoms with Crippen molar-refractivity contribution in [1.29, 1.82) is 0 Å². The molecule has 1 aliphatic heterocycles. The fraction of sp³-hybridized carbons (Fsp3) is 0.474. The van der Waals surface area contributed by atoms with Crippen LogP contribution in [0.2, 0.25) is 0 Å². The normalized spacial score (nSPS) is 20.2. The van der Waals surface area contributed by atoms with Crippen LogP contribution in [-0.4, -0.2) is 53.9 Å². The van der Waals surface area contributed by atoms with Gasteiger partial charge < -0.3 is 24.9 Å². The van der Waals surface area contributed by atoms with Crippen LogP contribution in [0.25, 0.3) is 10.9 Å². The van der Waals surface area contributed by atoms with Gasteiger partial charge in [-0.15, -0.1) is 0 Å². The molecular weight excluding hydrogens is 336 g/mol. The molecule has 2 aromatic rings. The van der Waals surface area contributed by atoms with Gasteiger partial charge in [0.2, 0.25) is 5.91 Å². The zero-order chi connectivity index (χ0) is 18.4. The van der Waals surface area contributed by atoms with Crippen molar-refractivity contribution in [3.05, 3.63) is 36.0 Å². The minimum Gasteiger partial charge on any atom is -0.480 e. The van der Waals surface area contributed by atoms with E-state index in [9.17, 15) is 9.59 Å². The Kier molecular flexibility index (Phi) is 6.25. The van der Waals surface area contributed by atoms with E-state index < -0.39 is 5.97 Å². The van der Waals surface area contributed by atoms with Gasteiger partial charge in [-0.3, -0.25) is 4.79 Å². The van der Waals surface area contributed by atoms with Gasteiger partial charge in [-0.25, -0.2) is 4.79 Å². The Bertz CT molecular complexity index is 757. The number of benzene rings is 1. The van der Waals surface area contributed by atoms with Crippen molar-refractivity contribution in [2.24, 2.45) is 0 Å². The summed E-state index contributed by atoms with van der Waals surface area (Å²) in [6, 6.07) is 7.80. The van der Waals surface area contributed by atoms with Crippen molar-refractivity contribution in [3.8, 4) is 0 Å². The third kappa shape index (κ3) is 4.83. The number of hydrogen-bond acceptors (Lipinski definition) is 4. The quantitative estimate of drug-likeness (QED) is 0.667. The van der Waals surface area contributed by atoms with E-state index in [1.54, 1.807) is 0 Å². The van der Waals surface area contributed by atoms with E-state index in [1.807, 2.05) is 24.4 Å². The van der Waals surface area contributed by atoms with Crippen molar-refractivity contribution in [1.82, 2.24) is 10.3 Å². The second-order valence-electron chi connectivity index (χ2n) is 6.49. The largest absolute Gasteiger partial charge is 0.480 e. The summed E-state index contributed by atoms with van der Waals surface area (Å²) >= 11 is 0. The number of ether oxygens (including phenoxy) is 2. The van der Waals surface area contributed by atoms with Crippen LogP contribution >= 0.6 is 0 Å². The average molecular weight is 360 g/mol. The van der Waals surface area contributed by atoms with Gasteiger partial charge in [0.05, 0.1) is 18.8 Å². The zero-order valence-electron chi connectivity index (χ0n) is 14.6. The second kappa shape index (κ2) is 8.82. The van der Waals surface area contributed by atoms with Crippen LogP contribution in [0.4, 0.5) is 0 Å². The Morgan fingerprint density at radius 3 is 3.04 bits per heavy atom. The van der Waals surface area contributed by atoms with Gasteiger partial charge in [0, 0.05) is 30.1 Å². The molecule has 0 aliphatic carbocycles. The minimum atomic E-state index is -1.01. The summed E-state index contributed by atoms with van der Waals surface area (Å²) in [4.78, 5) is 26.2. The number of rotatable bonds is 8. The number of carbonyl (C=O) groups is 2. The van der Waals surface area contributed by atoms with E-state index in [-0.39, 0.29) is 24.7 Å². The molecule has 7 nitrogen and oxygen atoms in total. The van der Waals surface area contributed by atoms with Crippen LogP contribution in [0.5, 0.6) is 0 Å². The number of carboxylic acids is 1. The number of carboxylic acid groups (broad SMARTS) is 1. The predicted octanol–water partition coefficient (Wildman–Crippen LogP) is 1.87. The van der Waals surface area contributed by atoms with Crippen LogP contribution in [0.15, 0.2) is 30.5 Å². The number of aromatic amines is 1. The molecule has 1 aromatic heterocycles. The van der Waals surface area contributed by atoms with E-state index in [0.29, 0.717) is 26.1 Å². The monoisotopic (exact) mass is 360 g/mol. The third-order valence-corrected chi connectivity index (χ3v) is 4.59. The number of aryl methyl sites for hydroxylation is 1. The first kappa shape index (κ1) is 18.4. The van der Waals surface area contributed by atoms with E-state index in [2.05, 4.69) is 16.4 Å². The number of aliphatic carboxylic acids is 1. The third-order valence-electron chi connectivity index (χ3n) is 4.59. The van der Waals surface area contributed by atoms with Gasteiger partial charge in [-0.1, -0.05) is 18.2 Å². The van der Waals surface area contributed by atoms with Crippen molar-refractivity contribution in [3.63, 3.8) is 0 Å². The van der Waals surface area contributed by atoms with Crippen molar-refractivity contribution >= 4 is 22.8 Å². The molecule has 140 valence electrons. The van der Waals surface area contributed by atoms with Crippen LogP contribution in [0.1, 0.15) is 24.8 Å². The SMILES string of the molecule is O=C(O)CO[C@H]1CCOC[C@H]1NC(=O)CCCc1c[nH]c2ccccc12. The second-order valence-corrected chi connectivity index (χ2v) is 6.49. The summed E-state index contributed by atoms with van der Waals surface area (Å²) in [6.07, 6.45) is 4.21. The van der Waals surface area contributed by atoms with Gasteiger partial charge in [0.1, 0.15) is 6.61 Å². The highest BCUT2D eigenvalue weighted by Gasteiger charge is 2.28. The topological polar surface area (TPSA) is 101 Å². The van der Waals surface area contributed by atoms with Gasteiger partial charge >= 0.3 is 5.97 Å². The van der Waals surface area contributed by atoms with E-state index in [4.69, 9.17) is 14.6 Å². The van der Waals surface area contributed by atoms with E-state index >= 15 is 0 Å². The van der Waals surface area contributed by atoms with Gasteiger partial charge in [-0.2, -0.15) is 0 Å². The summed E-state index contributed by atoms with van der Waals surface area (Å²) in [5.74, 6) is -1.08. The molecule has 0 unspecified atom stereocenters. The fourth-order valence-electron chi connectivity index (χ4n) is 3.29. The summed E-state index contributed by atoms with van der Waals surface area (Å²) in [5, 5.41) is 12.9. The van der Waals surface area contributed by atoms with Crippen LogP contribution < -0.4 is 5.32 Å². The van der Waals surface area contributed by atoms with Gasteiger partial charge in [-0.05, 0) is 30.9 Å². The Morgan fingerprint density at radius 2 is 2.19 bits per heavy atom. The fourth-order valence-corrected chi connectivity index (χ4v) is 3.29. The molecule has 1 aromatic carbocycles. The molecule has 2 heterocycles. The smallest absolute Gasteiger partial charge is 0.329 e. The molecule has 0 bridgehead atoms. The molecule has 0 saturated carbocycles. The summed E-state index contributed by atoms with van der Waals surface area (Å²) in [5.41, 5.74) is 2.31. The molecule has 1 amide bonds. The molecule has 0 radical (unpaired) electrons. The molecule has 7 heteroatoms. The highest BCUT2D eigenvalue weighted by atomic mass is 16.5. The lowest BCUT2D eigenvalue weighted by atomic mass is 10.0. The van der Waals surface area contributed by atoms with E-state index in [1.165, 1.54) is 10.9 Å². The van der Waals surface area contributed by atoms with Crippen molar-refractivity contribution in [2.75, 3.05) is 19.8 Å². The Balaban J connectivity index is 1.46. The summed E-state index contributed by atoms with van der Waals surface area (Å²) in [7, 11) is 0. The van der Waals surface area contributed by atoms with Crippen LogP contribution in [-0.2, 0) is 25.5 Å². The highest BCUT2D eigenvalue weighted by Crippen LogP contribution is 2.19. The lowest BCUT2D eigenvalue weighted by Crippen LogP contribution is -2.50. The summed E-state index contributed by atoms with van der Waals surface area (Å²) < 4.78 is 10.8. The predicted molar refractivity (Wildman–Crippen MR) is 96.0 cm³/mol. The summed E-state index contributed by atoms with van der Waals surface area (Å²) in [6.45, 7) is 0.493. The average Bonchev–Trinajstić information content (AvgIpc) is 3.04. The number of amides is 1. The van der Waals surface area contributed by atoms with Gasteiger partial charge in [0.15, 0.2) is 0 Å². The first-order chi connectivity index (χ1) is 12.6. The zero-order valence-corrected chi connectivity index (χ0v) is 14.6. The number of carbonyl (C=O) groups excluding carboxylic acids is 1. The maximum atomic E-state index is 12.2. The van der Waals surface area contributed by atoms with Gasteiger partial charge in [0.25, 0.3) is 0 Å². The van der Waals surface area contributed by atoms with Crippen LogP contribution in [0, 0.1) is 0 Å². The standard InChI is InChI=1S/C19H24N2O5/c22-18(21-16-11-25-9-8-17(16)26-12-19(23)24)7-3-4-13-10-20-15-6-2-1-5-14(13)15/h1-2,5-6,10,16-17,20H,3-4,7-9,11-12H2,(H,21,22)(H,23,24)/t16-,17+/m1/s1. The number of hydrogen-bond donors (Lipinski definition) is 3. The molecule has 2 atom stereocenters. The first-order valence-electron chi connectivity index (χ1n) is 8.89. The molecule has 1 aliphatic rings. The molecule has 1 saturated heterocycles. The molecule has 3 N–H and O–H groups in total. The lowest BCUT2D eigenvalue weighted by Gasteiger charge is -2.31. The number of H-pyrrole nitrogens is 1. The molecule has 1 fully saturated rings. The number of fused-ring (bicyclic) bond motifs is 1. The molecule has 26 heavy (non-hydrogen) atoms. The minimum absolute atomic E-state index is 0.0655. The molecule has 3 rings (SSSR count). The maximum Gasteiger partial charge on any atom is 0.329 e.